The third kappa shape index (κ3) is 4.11. The Hall–Kier alpha value is -1.21. The van der Waals surface area contributed by atoms with Gasteiger partial charge in [0, 0.05) is 20.0 Å². The molecule has 0 spiro atoms. The van der Waals surface area contributed by atoms with Crippen molar-refractivity contribution in [3.8, 4) is 0 Å². The van der Waals surface area contributed by atoms with Gasteiger partial charge in [-0.25, -0.2) is 5.43 Å². The summed E-state index contributed by atoms with van der Waals surface area (Å²) in [7, 11) is 3.25. The van der Waals surface area contributed by atoms with Crippen molar-refractivity contribution >= 4 is 29.0 Å². The van der Waals surface area contributed by atoms with Crippen molar-refractivity contribution in [3.05, 3.63) is 0 Å². The first-order valence-electron chi connectivity index (χ1n) is 5.07. The number of rotatable bonds is 4. The van der Waals surface area contributed by atoms with Gasteiger partial charge in [-0.05, 0) is 12.8 Å². The highest BCUT2D eigenvalue weighted by Gasteiger charge is 2.29. The predicted octanol–water partition coefficient (Wildman–Crippen LogP) is -0.672. The van der Waals surface area contributed by atoms with E-state index in [1.54, 1.807) is 14.1 Å². The molecule has 0 heterocycles. The molecule has 90 valence electrons. The third-order valence-corrected chi connectivity index (χ3v) is 2.74. The zero-order chi connectivity index (χ0) is 12.1. The molecule has 0 unspecified atom stereocenters. The molecule has 0 saturated heterocycles. The van der Waals surface area contributed by atoms with E-state index in [1.165, 1.54) is 5.01 Å². The van der Waals surface area contributed by atoms with E-state index in [1.807, 2.05) is 0 Å². The number of nitrogens with one attached hydrogen (secondary N) is 3. The first-order chi connectivity index (χ1) is 7.54. The molecule has 1 aliphatic carbocycles. The minimum Gasteiger partial charge on any atom is -0.291 e. The molecule has 1 fully saturated rings. The SMILES string of the molecule is CNNC(=O)CC(=O)NN(C)C(=S)C1CC1. The maximum atomic E-state index is 11.4. The van der Waals surface area contributed by atoms with Gasteiger partial charge in [0.05, 0.1) is 4.99 Å². The van der Waals surface area contributed by atoms with Gasteiger partial charge in [-0.2, -0.15) is 0 Å². The second kappa shape index (κ2) is 5.76. The lowest BCUT2D eigenvalue weighted by atomic mass is 10.4. The molecule has 0 aliphatic heterocycles. The Kier molecular flexibility index (Phi) is 4.63. The van der Waals surface area contributed by atoms with Crippen LogP contribution >= 0.6 is 12.2 Å². The van der Waals surface area contributed by atoms with Crippen LogP contribution in [0.2, 0.25) is 0 Å². The Bertz CT molecular complexity index is 304. The lowest BCUT2D eigenvalue weighted by Crippen LogP contribution is -2.45. The number of thiocarbonyl (C=S) groups is 1. The standard InChI is InChI=1S/C9H16N4O2S/c1-10-11-7(14)5-8(15)12-13(2)9(16)6-3-4-6/h6,10H,3-5H2,1-2H3,(H,11,14)(H,12,15). The van der Waals surface area contributed by atoms with Crippen molar-refractivity contribution < 1.29 is 9.59 Å². The topological polar surface area (TPSA) is 73.5 Å². The summed E-state index contributed by atoms with van der Waals surface area (Å²) in [5, 5.41) is 1.52. The molecule has 0 aromatic rings. The van der Waals surface area contributed by atoms with E-state index in [-0.39, 0.29) is 18.2 Å². The number of nitrogens with zero attached hydrogens (tertiary/aromatic N) is 1. The van der Waals surface area contributed by atoms with Crippen LogP contribution in [-0.2, 0) is 9.59 Å². The summed E-state index contributed by atoms with van der Waals surface area (Å²) in [6.45, 7) is 0. The second-order valence-corrected chi connectivity index (χ2v) is 4.10. The highest BCUT2D eigenvalue weighted by Crippen LogP contribution is 2.31. The van der Waals surface area contributed by atoms with Crippen molar-refractivity contribution in [1.82, 2.24) is 21.3 Å². The summed E-state index contributed by atoms with van der Waals surface area (Å²) in [5.74, 6) is -0.351. The van der Waals surface area contributed by atoms with Gasteiger partial charge >= 0.3 is 0 Å². The summed E-state index contributed by atoms with van der Waals surface area (Å²) in [4.78, 5) is 23.2. The summed E-state index contributed by atoms with van der Waals surface area (Å²) in [5.41, 5.74) is 7.33. The van der Waals surface area contributed by atoms with Crippen LogP contribution in [0.4, 0.5) is 0 Å². The Morgan fingerprint density at radius 1 is 1.38 bits per heavy atom. The summed E-state index contributed by atoms with van der Waals surface area (Å²) >= 11 is 5.14. The molecule has 7 heteroatoms. The molecule has 6 nitrogen and oxygen atoms in total. The number of carbonyl (C=O) groups is 2. The zero-order valence-corrected chi connectivity index (χ0v) is 10.2. The predicted molar refractivity (Wildman–Crippen MR) is 63.0 cm³/mol. The molecule has 0 aromatic heterocycles. The average Bonchev–Trinajstić information content (AvgIpc) is 2.99. The van der Waals surface area contributed by atoms with Crippen LogP contribution < -0.4 is 16.3 Å². The molecular weight excluding hydrogens is 228 g/mol. The Labute approximate surface area is 99.7 Å². The molecule has 16 heavy (non-hydrogen) atoms. The van der Waals surface area contributed by atoms with E-state index in [0.29, 0.717) is 5.92 Å². The lowest BCUT2D eigenvalue weighted by molar-refractivity contribution is -0.131. The zero-order valence-electron chi connectivity index (χ0n) is 9.37. The van der Waals surface area contributed by atoms with Gasteiger partial charge in [0.2, 0.25) is 11.8 Å². The third-order valence-electron chi connectivity index (χ3n) is 2.14. The summed E-state index contributed by atoms with van der Waals surface area (Å²) < 4.78 is 0. The van der Waals surface area contributed by atoms with Crippen molar-refractivity contribution in [2.75, 3.05) is 14.1 Å². The Morgan fingerprint density at radius 2 is 2.00 bits per heavy atom. The van der Waals surface area contributed by atoms with Gasteiger partial charge in [-0.15, -0.1) is 0 Å². The summed E-state index contributed by atoms with van der Waals surface area (Å²) in [6, 6.07) is 0. The highest BCUT2D eigenvalue weighted by molar-refractivity contribution is 7.80. The molecule has 0 radical (unpaired) electrons. The van der Waals surface area contributed by atoms with Gasteiger partial charge in [0.1, 0.15) is 6.42 Å². The first kappa shape index (κ1) is 12.9. The van der Waals surface area contributed by atoms with Gasteiger partial charge < -0.3 is 0 Å². The van der Waals surface area contributed by atoms with Crippen LogP contribution in [0.15, 0.2) is 0 Å². The van der Waals surface area contributed by atoms with Gasteiger partial charge in [-0.1, -0.05) is 12.2 Å². The molecule has 3 N–H and O–H groups in total. The fourth-order valence-electron chi connectivity index (χ4n) is 1.22. The molecule has 0 atom stereocenters. The van der Waals surface area contributed by atoms with Crippen molar-refractivity contribution in [2.24, 2.45) is 5.92 Å². The van der Waals surface area contributed by atoms with Crippen molar-refractivity contribution in [2.45, 2.75) is 19.3 Å². The van der Waals surface area contributed by atoms with Crippen LogP contribution in [0.1, 0.15) is 19.3 Å². The fraction of sp³-hybridized carbons (Fsp3) is 0.667. The van der Waals surface area contributed by atoms with Crippen LogP contribution in [0.3, 0.4) is 0 Å². The maximum absolute atomic E-state index is 11.4. The van der Waals surface area contributed by atoms with Crippen LogP contribution in [0.5, 0.6) is 0 Å². The molecule has 0 bridgehead atoms. The fourth-order valence-corrected chi connectivity index (χ4v) is 1.50. The number of carbonyl (C=O) groups excluding carboxylic acids is 2. The van der Waals surface area contributed by atoms with Gasteiger partial charge in [0.25, 0.3) is 0 Å². The Morgan fingerprint density at radius 3 is 2.50 bits per heavy atom. The molecule has 2 amide bonds. The van der Waals surface area contributed by atoms with E-state index in [9.17, 15) is 9.59 Å². The summed E-state index contributed by atoms with van der Waals surface area (Å²) in [6.07, 6.45) is 1.94. The van der Waals surface area contributed by atoms with Gasteiger partial charge in [-0.3, -0.25) is 25.4 Å². The molecule has 0 aromatic carbocycles. The van der Waals surface area contributed by atoms with E-state index in [2.05, 4.69) is 16.3 Å². The Balaban J connectivity index is 2.27. The first-order valence-corrected chi connectivity index (χ1v) is 5.48. The molecule has 1 rings (SSSR count). The van der Waals surface area contributed by atoms with Crippen LogP contribution in [0, 0.1) is 5.92 Å². The molecular formula is C9H16N4O2S. The monoisotopic (exact) mass is 244 g/mol. The van der Waals surface area contributed by atoms with E-state index in [4.69, 9.17) is 12.2 Å². The maximum Gasteiger partial charge on any atom is 0.247 e. The van der Waals surface area contributed by atoms with Crippen molar-refractivity contribution in [1.29, 1.82) is 0 Å². The minimum atomic E-state index is -0.384. The van der Waals surface area contributed by atoms with Crippen molar-refractivity contribution in [3.63, 3.8) is 0 Å². The number of hydrogen-bond donors (Lipinski definition) is 3. The normalized spacial score (nSPS) is 14.1. The van der Waals surface area contributed by atoms with E-state index < -0.39 is 0 Å². The number of amides is 2. The van der Waals surface area contributed by atoms with Crippen LogP contribution in [-0.4, -0.2) is 35.9 Å². The average molecular weight is 244 g/mol. The largest absolute Gasteiger partial charge is 0.291 e. The number of hydrazine groups is 2. The van der Waals surface area contributed by atoms with Crippen LogP contribution in [0.25, 0.3) is 0 Å². The second-order valence-electron chi connectivity index (χ2n) is 3.68. The minimum absolute atomic E-state index is 0.224. The quantitative estimate of drug-likeness (QED) is 0.347. The lowest BCUT2D eigenvalue weighted by Gasteiger charge is -2.20. The van der Waals surface area contributed by atoms with E-state index in [0.717, 1.165) is 17.8 Å². The molecule has 1 saturated carbocycles. The molecule has 1 aliphatic rings. The smallest absolute Gasteiger partial charge is 0.247 e. The highest BCUT2D eigenvalue weighted by atomic mass is 32.1. The number of hydrogen-bond acceptors (Lipinski definition) is 4. The van der Waals surface area contributed by atoms with Gasteiger partial charge in [0.15, 0.2) is 0 Å². The van der Waals surface area contributed by atoms with E-state index >= 15 is 0 Å².